The summed E-state index contributed by atoms with van der Waals surface area (Å²) < 4.78 is 0. The van der Waals surface area contributed by atoms with Gasteiger partial charge >= 0.3 is 5.97 Å². The molecule has 0 spiro atoms. The van der Waals surface area contributed by atoms with E-state index in [1.165, 1.54) is 0 Å². The molecular formula is C10H10O2. The van der Waals surface area contributed by atoms with Gasteiger partial charge in [0.15, 0.2) is 0 Å². The van der Waals surface area contributed by atoms with E-state index < -0.39 is 5.97 Å². The summed E-state index contributed by atoms with van der Waals surface area (Å²) in [4.78, 5) is 10.5. The molecule has 0 aromatic rings. The predicted molar refractivity (Wildman–Crippen MR) is 47.8 cm³/mol. The summed E-state index contributed by atoms with van der Waals surface area (Å²) in [6, 6.07) is 0. The maximum Gasteiger partial charge on any atom is 0.335 e. The van der Waals surface area contributed by atoms with Crippen LogP contribution in [0.25, 0.3) is 0 Å². The van der Waals surface area contributed by atoms with Crippen molar-refractivity contribution in [3.8, 4) is 0 Å². The molecule has 0 amide bonds. The molecule has 1 aliphatic carbocycles. The van der Waals surface area contributed by atoms with E-state index in [-0.39, 0.29) is 0 Å². The van der Waals surface area contributed by atoms with Gasteiger partial charge in [0.2, 0.25) is 0 Å². The Balaban J connectivity index is 2.93. The highest BCUT2D eigenvalue weighted by Crippen LogP contribution is 2.08. The lowest BCUT2D eigenvalue weighted by Gasteiger charge is -1.89. The molecule has 12 heavy (non-hydrogen) atoms. The van der Waals surface area contributed by atoms with Gasteiger partial charge in [-0.1, -0.05) is 24.3 Å². The molecule has 0 fully saturated rings. The van der Waals surface area contributed by atoms with Crippen LogP contribution in [0.15, 0.2) is 47.6 Å². The fourth-order valence-electron chi connectivity index (χ4n) is 0.895. The van der Waals surface area contributed by atoms with Gasteiger partial charge in [-0.2, -0.15) is 0 Å². The van der Waals surface area contributed by atoms with Gasteiger partial charge in [-0.3, -0.25) is 0 Å². The van der Waals surface area contributed by atoms with Crippen molar-refractivity contribution in [3.05, 3.63) is 47.6 Å². The van der Waals surface area contributed by atoms with Gasteiger partial charge in [-0.05, 0) is 24.6 Å². The van der Waals surface area contributed by atoms with Crippen LogP contribution in [0.1, 0.15) is 6.92 Å². The molecule has 0 bridgehead atoms. The Morgan fingerprint density at radius 1 is 1.42 bits per heavy atom. The number of rotatable bonds is 1. The second-order valence-electron chi connectivity index (χ2n) is 2.41. The SMILES string of the molecule is C/C=C1\C=CC=C(C(=O)O)C=C1. The van der Waals surface area contributed by atoms with Crippen molar-refractivity contribution in [3.63, 3.8) is 0 Å². The summed E-state index contributed by atoms with van der Waals surface area (Å²) in [6.45, 7) is 1.91. The second-order valence-corrected chi connectivity index (χ2v) is 2.41. The average Bonchev–Trinajstić information content (AvgIpc) is 2.28. The molecule has 0 aromatic heterocycles. The second kappa shape index (κ2) is 3.72. The lowest BCUT2D eigenvalue weighted by molar-refractivity contribution is -0.132. The summed E-state index contributed by atoms with van der Waals surface area (Å²) in [7, 11) is 0. The predicted octanol–water partition coefficient (Wildman–Crippen LogP) is 2.07. The van der Waals surface area contributed by atoms with Gasteiger partial charge in [0, 0.05) is 0 Å². The minimum absolute atomic E-state index is 0.308. The summed E-state index contributed by atoms with van der Waals surface area (Å²) >= 11 is 0. The number of aliphatic carboxylic acids is 1. The molecule has 1 rings (SSSR count). The molecule has 1 N–H and O–H groups in total. The Morgan fingerprint density at radius 3 is 2.75 bits per heavy atom. The number of allylic oxidation sites excluding steroid dienone is 6. The number of carboxylic acid groups (broad SMARTS) is 1. The third-order valence-electron chi connectivity index (χ3n) is 1.60. The number of hydrogen-bond donors (Lipinski definition) is 1. The van der Waals surface area contributed by atoms with Gasteiger partial charge < -0.3 is 5.11 Å². The zero-order valence-corrected chi connectivity index (χ0v) is 6.82. The van der Waals surface area contributed by atoms with Crippen LogP contribution >= 0.6 is 0 Å². The first-order chi connectivity index (χ1) is 5.74. The van der Waals surface area contributed by atoms with Crippen molar-refractivity contribution in [2.24, 2.45) is 0 Å². The average molecular weight is 162 g/mol. The Kier molecular flexibility index (Phi) is 2.64. The van der Waals surface area contributed by atoms with Crippen LogP contribution < -0.4 is 0 Å². The highest BCUT2D eigenvalue weighted by molar-refractivity contribution is 5.90. The molecule has 0 atom stereocenters. The minimum atomic E-state index is -0.895. The van der Waals surface area contributed by atoms with Gasteiger partial charge in [-0.25, -0.2) is 4.79 Å². The maximum absolute atomic E-state index is 10.5. The minimum Gasteiger partial charge on any atom is -0.478 e. The molecule has 0 aliphatic heterocycles. The fourth-order valence-corrected chi connectivity index (χ4v) is 0.895. The number of carbonyl (C=O) groups is 1. The molecule has 0 saturated carbocycles. The van der Waals surface area contributed by atoms with Crippen LogP contribution in [0.2, 0.25) is 0 Å². The fraction of sp³-hybridized carbons (Fsp3) is 0.100. The molecule has 2 nitrogen and oxygen atoms in total. The largest absolute Gasteiger partial charge is 0.478 e. The van der Waals surface area contributed by atoms with Crippen LogP contribution in [0.4, 0.5) is 0 Å². The normalized spacial score (nSPS) is 19.1. The first-order valence-electron chi connectivity index (χ1n) is 3.70. The van der Waals surface area contributed by atoms with Crippen molar-refractivity contribution >= 4 is 5.97 Å². The molecule has 1 aliphatic rings. The first-order valence-corrected chi connectivity index (χ1v) is 3.70. The van der Waals surface area contributed by atoms with E-state index in [1.807, 2.05) is 19.1 Å². The molecule has 0 radical (unpaired) electrons. The van der Waals surface area contributed by atoms with Crippen LogP contribution in [0, 0.1) is 0 Å². The number of carboxylic acids is 1. The van der Waals surface area contributed by atoms with E-state index in [2.05, 4.69) is 0 Å². The third-order valence-corrected chi connectivity index (χ3v) is 1.60. The van der Waals surface area contributed by atoms with Crippen LogP contribution in [-0.2, 0) is 4.79 Å². The Hall–Kier alpha value is -1.57. The molecule has 2 heteroatoms. The van der Waals surface area contributed by atoms with Crippen molar-refractivity contribution in [1.29, 1.82) is 0 Å². The van der Waals surface area contributed by atoms with Gasteiger partial charge in [0.05, 0.1) is 5.57 Å². The summed E-state index contributed by atoms with van der Waals surface area (Å²) in [6.07, 6.45) is 10.5. The van der Waals surface area contributed by atoms with Crippen molar-refractivity contribution < 1.29 is 9.90 Å². The summed E-state index contributed by atoms with van der Waals surface area (Å²) in [5.74, 6) is -0.895. The molecular weight excluding hydrogens is 152 g/mol. The van der Waals surface area contributed by atoms with Crippen molar-refractivity contribution in [2.45, 2.75) is 6.92 Å². The lowest BCUT2D eigenvalue weighted by Crippen LogP contribution is -1.96. The Bertz CT molecular complexity index is 304. The molecule has 62 valence electrons. The Labute approximate surface area is 71.2 Å². The van der Waals surface area contributed by atoms with Crippen LogP contribution in [0.3, 0.4) is 0 Å². The highest BCUT2D eigenvalue weighted by atomic mass is 16.4. The molecule has 0 saturated heterocycles. The molecule has 0 heterocycles. The summed E-state index contributed by atoms with van der Waals surface area (Å²) in [5, 5.41) is 8.65. The number of hydrogen-bond acceptors (Lipinski definition) is 1. The zero-order chi connectivity index (χ0) is 8.97. The lowest BCUT2D eigenvalue weighted by atomic mass is 10.2. The first kappa shape index (κ1) is 8.53. The van der Waals surface area contributed by atoms with Gasteiger partial charge in [-0.15, -0.1) is 0 Å². The monoisotopic (exact) mass is 162 g/mol. The Morgan fingerprint density at radius 2 is 2.17 bits per heavy atom. The zero-order valence-electron chi connectivity index (χ0n) is 6.82. The highest BCUT2D eigenvalue weighted by Gasteiger charge is 2.02. The van der Waals surface area contributed by atoms with Crippen LogP contribution in [-0.4, -0.2) is 11.1 Å². The van der Waals surface area contributed by atoms with E-state index >= 15 is 0 Å². The third kappa shape index (κ3) is 1.95. The van der Waals surface area contributed by atoms with E-state index in [0.29, 0.717) is 5.57 Å². The topological polar surface area (TPSA) is 37.3 Å². The smallest absolute Gasteiger partial charge is 0.335 e. The summed E-state index contributed by atoms with van der Waals surface area (Å²) in [5.41, 5.74) is 1.32. The molecule has 0 unspecified atom stereocenters. The standard InChI is InChI=1S/C10H10O2/c1-2-8-4-3-5-9(7-6-8)10(11)12/h2-7H,1H3,(H,11,12)/b8-2+. The maximum atomic E-state index is 10.5. The van der Waals surface area contributed by atoms with Crippen molar-refractivity contribution in [1.82, 2.24) is 0 Å². The quantitative estimate of drug-likeness (QED) is 0.640. The van der Waals surface area contributed by atoms with E-state index in [1.54, 1.807) is 24.3 Å². The van der Waals surface area contributed by atoms with E-state index in [9.17, 15) is 4.79 Å². The van der Waals surface area contributed by atoms with Crippen LogP contribution in [0.5, 0.6) is 0 Å². The molecule has 0 aromatic carbocycles. The van der Waals surface area contributed by atoms with Crippen molar-refractivity contribution in [2.75, 3.05) is 0 Å². The van der Waals surface area contributed by atoms with Gasteiger partial charge in [0.25, 0.3) is 0 Å². The van der Waals surface area contributed by atoms with E-state index in [0.717, 1.165) is 5.57 Å². The van der Waals surface area contributed by atoms with Gasteiger partial charge in [0.1, 0.15) is 0 Å². The van der Waals surface area contributed by atoms with E-state index in [4.69, 9.17) is 5.11 Å².